The lowest BCUT2D eigenvalue weighted by atomic mass is 10.2. The molecule has 0 spiro atoms. The van der Waals surface area contributed by atoms with Crippen molar-refractivity contribution in [2.24, 2.45) is 4.99 Å². The zero-order chi connectivity index (χ0) is 15.7. The zero-order valence-electron chi connectivity index (χ0n) is 12.2. The fourth-order valence-electron chi connectivity index (χ4n) is 2.68. The molecule has 0 amide bonds. The second-order valence-corrected chi connectivity index (χ2v) is 6.82. The van der Waals surface area contributed by atoms with Gasteiger partial charge in [-0.1, -0.05) is 18.7 Å². The number of halogens is 1. The van der Waals surface area contributed by atoms with Crippen LogP contribution in [-0.2, 0) is 0 Å². The van der Waals surface area contributed by atoms with E-state index in [9.17, 15) is 14.5 Å². The molecule has 1 aromatic rings. The molecule has 2 heterocycles. The summed E-state index contributed by atoms with van der Waals surface area (Å²) in [5.41, 5.74) is 0.315. The smallest absolute Gasteiger partial charge is 0.295 e. The molecule has 0 bridgehead atoms. The summed E-state index contributed by atoms with van der Waals surface area (Å²) in [4.78, 5) is 19.3. The van der Waals surface area contributed by atoms with Crippen molar-refractivity contribution in [2.45, 2.75) is 12.2 Å². The Hall–Kier alpha value is -1.83. The molecule has 118 valence electrons. The lowest BCUT2D eigenvalue weighted by molar-refractivity contribution is -0.384. The molecule has 1 fully saturated rings. The van der Waals surface area contributed by atoms with Gasteiger partial charge < -0.3 is 9.80 Å². The molecule has 2 aliphatic rings. The molecular weight excluding hydrogens is 307 g/mol. The third kappa shape index (κ3) is 3.01. The lowest BCUT2D eigenvalue weighted by Crippen LogP contribution is -2.48. The average molecular weight is 324 g/mol. The van der Waals surface area contributed by atoms with Crippen molar-refractivity contribution in [2.75, 3.05) is 37.6 Å². The third-order valence-electron chi connectivity index (χ3n) is 3.82. The van der Waals surface area contributed by atoms with Gasteiger partial charge in [-0.3, -0.25) is 15.1 Å². The van der Waals surface area contributed by atoms with E-state index in [1.165, 1.54) is 12.1 Å². The molecule has 0 radical (unpaired) electrons. The van der Waals surface area contributed by atoms with Gasteiger partial charge in [-0.2, -0.15) is 0 Å². The minimum atomic E-state index is -0.584. The summed E-state index contributed by atoms with van der Waals surface area (Å²) >= 11 is 1.78. The van der Waals surface area contributed by atoms with Crippen molar-refractivity contribution in [1.29, 1.82) is 0 Å². The topological polar surface area (TPSA) is 62.0 Å². The summed E-state index contributed by atoms with van der Waals surface area (Å²) < 4.78 is 13.2. The Labute approximate surface area is 132 Å². The molecule has 0 N–H and O–H groups in total. The van der Waals surface area contributed by atoms with E-state index < -0.39 is 10.7 Å². The number of anilines is 1. The summed E-state index contributed by atoms with van der Waals surface area (Å²) in [5, 5.41) is 12.7. The van der Waals surface area contributed by atoms with E-state index in [1.807, 2.05) is 4.90 Å². The second kappa shape index (κ2) is 6.12. The van der Waals surface area contributed by atoms with E-state index in [-0.39, 0.29) is 5.69 Å². The molecule has 22 heavy (non-hydrogen) atoms. The van der Waals surface area contributed by atoms with Crippen molar-refractivity contribution in [3.63, 3.8) is 0 Å². The van der Waals surface area contributed by atoms with E-state index in [1.54, 1.807) is 11.8 Å². The number of piperazine rings is 1. The van der Waals surface area contributed by atoms with E-state index in [2.05, 4.69) is 16.8 Å². The lowest BCUT2D eigenvalue weighted by Gasteiger charge is -2.36. The van der Waals surface area contributed by atoms with Gasteiger partial charge in [0.2, 0.25) is 0 Å². The maximum absolute atomic E-state index is 13.2. The Bertz CT molecular complexity index is 617. The molecule has 0 aromatic heterocycles. The highest BCUT2D eigenvalue weighted by Crippen LogP contribution is 2.30. The van der Waals surface area contributed by atoms with Crippen LogP contribution < -0.4 is 4.90 Å². The first-order chi connectivity index (χ1) is 10.5. The number of amidine groups is 1. The number of rotatable bonds is 2. The van der Waals surface area contributed by atoms with E-state index in [0.29, 0.717) is 24.0 Å². The molecule has 3 rings (SSSR count). The fourth-order valence-corrected chi connectivity index (χ4v) is 3.67. The van der Waals surface area contributed by atoms with Crippen LogP contribution in [0.25, 0.3) is 0 Å². The normalized spacial score (nSPS) is 21.9. The second-order valence-electron chi connectivity index (χ2n) is 5.42. The number of nitrogens with zero attached hydrogens (tertiary/aromatic N) is 4. The molecule has 0 saturated carbocycles. The van der Waals surface area contributed by atoms with Crippen molar-refractivity contribution >= 4 is 28.3 Å². The highest BCUT2D eigenvalue weighted by atomic mass is 32.2. The Kier molecular flexibility index (Phi) is 4.19. The third-order valence-corrected chi connectivity index (χ3v) is 4.96. The summed E-state index contributed by atoms with van der Waals surface area (Å²) in [5.74, 6) is -0.584. The number of thioether (sulfide) groups is 1. The van der Waals surface area contributed by atoms with Crippen LogP contribution in [0.4, 0.5) is 15.8 Å². The van der Waals surface area contributed by atoms with Gasteiger partial charge in [0.1, 0.15) is 11.5 Å². The number of hydrogen-bond donors (Lipinski definition) is 0. The first kappa shape index (κ1) is 15.1. The highest BCUT2D eigenvalue weighted by Gasteiger charge is 2.27. The van der Waals surface area contributed by atoms with Crippen LogP contribution in [0, 0.1) is 15.9 Å². The quantitative estimate of drug-likeness (QED) is 0.617. The molecule has 1 atom stereocenters. The van der Waals surface area contributed by atoms with Crippen LogP contribution in [0.3, 0.4) is 0 Å². The predicted octanol–water partition coefficient (Wildman–Crippen LogP) is 2.35. The molecule has 1 saturated heterocycles. The first-order valence-corrected chi connectivity index (χ1v) is 8.07. The van der Waals surface area contributed by atoms with Crippen LogP contribution in [-0.4, -0.2) is 53.0 Å². The van der Waals surface area contributed by atoms with Gasteiger partial charge in [0.25, 0.3) is 5.69 Å². The van der Waals surface area contributed by atoms with Gasteiger partial charge >= 0.3 is 0 Å². The van der Waals surface area contributed by atoms with Crippen LogP contribution in [0.5, 0.6) is 0 Å². The molecular formula is C14H17FN4O2S. The van der Waals surface area contributed by atoms with E-state index >= 15 is 0 Å². The fraction of sp³-hybridized carbons (Fsp3) is 0.500. The van der Waals surface area contributed by atoms with Crippen LogP contribution in [0.2, 0.25) is 0 Å². The van der Waals surface area contributed by atoms with Gasteiger partial charge in [0, 0.05) is 31.4 Å². The number of aliphatic imine (C=N–C) groups is 1. The Morgan fingerprint density at radius 1 is 1.32 bits per heavy atom. The number of hydrogen-bond acceptors (Lipinski definition) is 6. The van der Waals surface area contributed by atoms with Crippen molar-refractivity contribution in [3.8, 4) is 0 Å². The number of benzene rings is 1. The maximum Gasteiger partial charge on any atom is 0.295 e. The summed E-state index contributed by atoms with van der Waals surface area (Å²) in [7, 11) is 0. The Balaban J connectivity index is 1.70. The standard InChI is InChI=1S/C14H17FN4O2S/c1-10-9-16-14(22-10)18-6-4-17(5-7-18)12-3-2-11(15)8-13(12)19(20)21/h2-3,8,10H,4-7,9H2,1H3. The molecule has 6 nitrogen and oxygen atoms in total. The van der Waals surface area contributed by atoms with Crippen molar-refractivity contribution < 1.29 is 9.31 Å². The monoisotopic (exact) mass is 324 g/mol. The largest absolute Gasteiger partial charge is 0.362 e. The first-order valence-electron chi connectivity index (χ1n) is 7.19. The SMILES string of the molecule is CC1CN=C(N2CCN(c3ccc(F)cc3[N+](=O)[O-])CC2)S1. The van der Waals surface area contributed by atoms with Crippen LogP contribution in [0.15, 0.2) is 23.2 Å². The summed E-state index contributed by atoms with van der Waals surface area (Å²) in [6.07, 6.45) is 0. The number of nitro benzene ring substituents is 1. The summed E-state index contributed by atoms with van der Waals surface area (Å²) in [6.45, 7) is 5.88. The number of nitro groups is 1. The maximum atomic E-state index is 13.2. The minimum absolute atomic E-state index is 0.172. The highest BCUT2D eigenvalue weighted by molar-refractivity contribution is 8.14. The van der Waals surface area contributed by atoms with Gasteiger partial charge in [-0.25, -0.2) is 4.39 Å². The molecule has 0 aliphatic carbocycles. The Morgan fingerprint density at radius 3 is 2.59 bits per heavy atom. The van der Waals surface area contributed by atoms with E-state index in [0.717, 1.165) is 30.9 Å². The predicted molar refractivity (Wildman–Crippen MR) is 86.2 cm³/mol. The molecule has 2 aliphatic heterocycles. The molecule has 8 heteroatoms. The molecule has 1 aromatic carbocycles. The van der Waals surface area contributed by atoms with Gasteiger partial charge in [0.15, 0.2) is 5.17 Å². The van der Waals surface area contributed by atoms with E-state index in [4.69, 9.17) is 0 Å². The van der Waals surface area contributed by atoms with Crippen molar-refractivity contribution in [3.05, 3.63) is 34.1 Å². The summed E-state index contributed by atoms with van der Waals surface area (Å²) in [6, 6.07) is 3.75. The van der Waals surface area contributed by atoms with Crippen molar-refractivity contribution in [1.82, 2.24) is 4.90 Å². The Morgan fingerprint density at radius 2 is 2.00 bits per heavy atom. The van der Waals surface area contributed by atoms with Gasteiger partial charge in [0.05, 0.1) is 17.5 Å². The van der Waals surface area contributed by atoms with Gasteiger partial charge in [-0.05, 0) is 12.1 Å². The minimum Gasteiger partial charge on any atom is -0.362 e. The van der Waals surface area contributed by atoms with Crippen LogP contribution in [0.1, 0.15) is 6.92 Å². The van der Waals surface area contributed by atoms with Crippen LogP contribution >= 0.6 is 11.8 Å². The zero-order valence-corrected chi connectivity index (χ0v) is 13.1. The van der Waals surface area contributed by atoms with Gasteiger partial charge in [-0.15, -0.1) is 0 Å². The molecule has 1 unspecified atom stereocenters. The average Bonchev–Trinajstić information content (AvgIpc) is 2.94.